The van der Waals surface area contributed by atoms with E-state index in [0.29, 0.717) is 0 Å². The molecule has 1 aliphatic heterocycles. The topological polar surface area (TPSA) is 119 Å². The van der Waals surface area contributed by atoms with Gasteiger partial charge in [-0.3, -0.25) is 0 Å². The lowest BCUT2D eigenvalue weighted by Gasteiger charge is -2.10. The summed E-state index contributed by atoms with van der Waals surface area (Å²) in [5, 5.41) is 30.0. The van der Waals surface area contributed by atoms with Crippen LogP contribution in [0.1, 0.15) is 0 Å². The normalized spacial score (nSPS) is 40.9. The van der Waals surface area contributed by atoms with Gasteiger partial charge in [0.2, 0.25) is 0 Å². The molecule has 12 heavy (non-hydrogen) atoms. The summed E-state index contributed by atoms with van der Waals surface area (Å²) >= 11 is 0. The zero-order valence-corrected chi connectivity index (χ0v) is 6.11. The van der Waals surface area contributed by atoms with Crippen molar-refractivity contribution in [2.24, 2.45) is 5.11 Å². The molecule has 3 N–H and O–H groups in total. The van der Waals surface area contributed by atoms with E-state index in [-0.39, 0.29) is 0 Å². The van der Waals surface area contributed by atoms with Gasteiger partial charge in [0.1, 0.15) is 12.1 Å². The van der Waals surface area contributed by atoms with Gasteiger partial charge >= 0.3 is 0 Å². The number of aliphatic hydroxyl groups is 3. The minimum Gasteiger partial charge on any atom is -0.394 e. The summed E-state index contributed by atoms with van der Waals surface area (Å²) in [4.78, 5) is 2.43. The molecule has 0 aromatic heterocycles. The second-order valence-corrected chi connectivity index (χ2v) is 2.43. The number of hydrogen-bond donors (Lipinski definition) is 3. The molecule has 0 aliphatic carbocycles. The molecule has 0 aromatic rings. The van der Waals surface area contributed by atoms with Gasteiger partial charge in [0.05, 0.1) is 12.7 Å². The van der Waals surface area contributed by atoms with E-state index in [2.05, 4.69) is 14.8 Å². The van der Waals surface area contributed by atoms with E-state index in [1.54, 1.807) is 0 Å². The molecular weight excluding hydrogens is 166 g/mol. The highest BCUT2D eigenvalue weighted by molar-refractivity contribution is 4.90. The Kier molecular flexibility index (Phi) is 2.85. The lowest BCUT2D eigenvalue weighted by Crippen LogP contribution is -2.32. The number of nitrogens with zero attached hydrogens (tertiary/aromatic N) is 3. The first-order chi connectivity index (χ1) is 5.70. The van der Waals surface area contributed by atoms with Crippen molar-refractivity contribution in [3.8, 4) is 0 Å². The van der Waals surface area contributed by atoms with Gasteiger partial charge in [0.15, 0.2) is 6.29 Å². The number of ether oxygens (including phenoxy) is 1. The van der Waals surface area contributed by atoms with Gasteiger partial charge in [-0.15, -0.1) is 0 Å². The van der Waals surface area contributed by atoms with Crippen LogP contribution >= 0.6 is 0 Å². The van der Waals surface area contributed by atoms with Crippen molar-refractivity contribution in [2.75, 3.05) is 6.61 Å². The Morgan fingerprint density at radius 1 is 1.50 bits per heavy atom. The van der Waals surface area contributed by atoms with Crippen LogP contribution in [0, 0.1) is 0 Å². The average Bonchev–Trinajstić information content (AvgIpc) is 2.32. The zero-order valence-electron chi connectivity index (χ0n) is 6.11. The molecule has 7 nitrogen and oxygen atoms in total. The molecule has 0 bridgehead atoms. The van der Waals surface area contributed by atoms with Crippen molar-refractivity contribution < 1.29 is 20.1 Å². The summed E-state index contributed by atoms with van der Waals surface area (Å²) in [5.41, 5.74) is 8.04. The van der Waals surface area contributed by atoms with Crippen LogP contribution in [-0.2, 0) is 4.74 Å². The van der Waals surface area contributed by atoms with Gasteiger partial charge in [0.25, 0.3) is 0 Å². The quantitative estimate of drug-likeness (QED) is 0.275. The van der Waals surface area contributed by atoms with Crippen molar-refractivity contribution in [1.82, 2.24) is 0 Å². The Balaban J connectivity index is 2.69. The largest absolute Gasteiger partial charge is 0.394 e. The van der Waals surface area contributed by atoms with E-state index in [1.807, 2.05) is 0 Å². The average molecular weight is 175 g/mol. The van der Waals surface area contributed by atoms with E-state index in [0.717, 1.165) is 0 Å². The summed E-state index contributed by atoms with van der Waals surface area (Å²) < 4.78 is 4.68. The minimum absolute atomic E-state index is 0.421. The Bertz CT molecular complexity index is 205. The van der Waals surface area contributed by atoms with Crippen LogP contribution in [0.5, 0.6) is 0 Å². The molecule has 4 atom stereocenters. The summed E-state index contributed by atoms with van der Waals surface area (Å²) in [7, 11) is 0. The fourth-order valence-electron chi connectivity index (χ4n) is 1.06. The second kappa shape index (κ2) is 3.70. The molecular formula is C5H9N3O4. The Morgan fingerprint density at radius 3 is 2.58 bits per heavy atom. The molecule has 2 unspecified atom stereocenters. The van der Waals surface area contributed by atoms with Gasteiger partial charge in [-0.25, -0.2) is 0 Å². The maximum absolute atomic E-state index is 9.24. The number of azide groups is 1. The van der Waals surface area contributed by atoms with E-state index >= 15 is 0 Å². The van der Waals surface area contributed by atoms with Crippen molar-refractivity contribution in [1.29, 1.82) is 0 Å². The van der Waals surface area contributed by atoms with Gasteiger partial charge in [-0.05, 0) is 5.53 Å². The summed E-state index contributed by atoms with van der Waals surface area (Å²) in [6.07, 6.45) is -3.37. The fourth-order valence-corrected chi connectivity index (χ4v) is 1.06. The Labute approximate surface area is 67.8 Å². The van der Waals surface area contributed by atoms with Crippen molar-refractivity contribution in [3.05, 3.63) is 10.4 Å². The standard InChI is InChI=1S/C5H9N3O4/c6-8-7-3-4(10)2(1-9)12-5(3)11/h2-5,9-11H,1H2/t2-,3?,4?,5-/m1/s1. The molecule has 1 heterocycles. The van der Waals surface area contributed by atoms with E-state index < -0.39 is 31.1 Å². The van der Waals surface area contributed by atoms with Crippen LogP contribution in [0.15, 0.2) is 5.11 Å². The molecule has 68 valence electrons. The molecule has 1 saturated heterocycles. The zero-order chi connectivity index (χ0) is 9.14. The molecule has 0 amide bonds. The summed E-state index contributed by atoms with van der Waals surface area (Å²) in [6, 6.07) is -1.04. The Hall–Kier alpha value is -0.850. The SMILES string of the molecule is [N-]=[N+]=NC1C(O)[C@@H](CO)O[C@H]1O. The third-order valence-electron chi connectivity index (χ3n) is 1.70. The van der Waals surface area contributed by atoms with Crippen LogP contribution in [0.2, 0.25) is 0 Å². The predicted molar refractivity (Wildman–Crippen MR) is 36.9 cm³/mol. The number of hydrogen-bond acceptors (Lipinski definition) is 5. The number of rotatable bonds is 2. The van der Waals surface area contributed by atoms with Crippen molar-refractivity contribution >= 4 is 0 Å². The first kappa shape index (κ1) is 9.24. The molecule has 1 aliphatic rings. The molecule has 0 aromatic carbocycles. The molecule has 0 saturated carbocycles. The Morgan fingerprint density at radius 2 is 2.17 bits per heavy atom. The molecule has 1 rings (SSSR count). The van der Waals surface area contributed by atoms with Gasteiger partial charge < -0.3 is 20.1 Å². The minimum atomic E-state index is -1.34. The molecule has 1 fully saturated rings. The highest BCUT2D eigenvalue weighted by Gasteiger charge is 2.41. The van der Waals surface area contributed by atoms with Gasteiger partial charge in [-0.1, -0.05) is 5.11 Å². The first-order valence-electron chi connectivity index (χ1n) is 3.37. The first-order valence-corrected chi connectivity index (χ1v) is 3.37. The van der Waals surface area contributed by atoms with Crippen molar-refractivity contribution in [3.63, 3.8) is 0 Å². The van der Waals surface area contributed by atoms with Crippen LogP contribution in [-0.4, -0.2) is 46.5 Å². The predicted octanol–water partition coefficient (Wildman–Crippen LogP) is -1.26. The molecule has 7 heteroatoms. The lowest BCUT2D eigenvalue weighted by molar-refractivity contribution is -0.110. The van der Waals surface area contributed by atoms with Crippen LogP contribution in [0.25, 0.3) is 10.4 Å². The van der Waals surface area contributed by atoms with E-state index in [1.165, 1.54) is 0 Å². The molecule has 0 radical (unpaired) electrons. The maximum atomic E-state index is 9.24. The van der Waals surface area contributed by atoms with E-state index in [4.69, 9.17) is 15.7 Å². The van der Waals surface area contributed by atoms with E-state index in [9.17, 15) is 5.11 Å². The fraction of sp³-hybridized carbons (Fsp3) is 1.00. The summed E-state index contributed by atoms with van der Waals surface area (Å²) in [6.45, 7) is -0.421. The second-order valence-electron chi connectivity index (χ2n) is 2.43. The van der Waals surface area contributed by atoms with Gasteiger partial charge in [0, 0.05) is 4.91 Å². The van der Waals surface area contributed by atoms with Crippen LogP contribution in [0.4, 0.5) is 0 Å². The van der Waals surface area contributed by atoms with Gasteiger partial charge in [-0.2, -0.15) is 0 Å². The highest BCUT2D eigenvalue weighted by Crippen LogP contribution is 2.21. The van der Waals surface area contributed by atoms with Crippen LogP contribution in [0.3, 0.4) is 0 Å². The summed E-state index contributed by atoms with van der Waals surface area (Å²) in [5.74, 6) is 0. The van der Waals surface area contributed by atoms with Crippen molar-refractivity contribution in [2.45, 2.75) is 24.5 Å². The third kappa shape index (κ3) is 1.50. The lowest BCUT2D eigenvalue weighted by atomic mass is 10.1. The van der Waals surface area contributed by atoms with Crippen LogP contribution < -0.4 is 0 Å². The highest BCUT2D eigenvalue weighted by atomic mass is 16.6. The maximum Gasteiger partial charge on any atom is 0.166 e. The monoisotopic (exact) mass is 175 g/mol. The third-order valence-corrected chi connectivity index (χ3v) is 1.70. The smallest absolute Gasteiger partial charge is 0.166 e. The molecule has 0 spiro atoms. The number of aliphatic hydroxyl groups excluding tert-OH is 3.